The highest BCUT2D eigenvalue weighted by atomic mass is 32.2. The van der Waals surface area contributed by atoms with Gasteiger partial charge in [0.2, 0.25) is 0 Å². The van der Waals surface area contributed by atoms with Crippen molar-refractivity contribution in [2.75, 3.05) is 0 Å². The number of hydrogen-bond acceptors (Lipinski definition) is 2. The number of pyridine rings is 1. The number of nitrogens with zero attached hydrogens (tertiary/aromatic N) is 1. The molecule has 43 heavy (non-hydrogen) atoms. The fourth-order valence-corrected chi connectivity index (χ4v) is 9.37. The molecule has 0 radical (unpaired) electrons. The lowest BCUT2D eigenvalue weighted by Gasteiger charge is -2.36. The van der Waals surface area contributed by atoms with Gasteiger partial charge in [-0.3, -0.25) is 4.98 Å². The van der Waals surface area contributed by atoms with Crippen molar-refractivity contribution < 1.29 is 0 Å². The maximum absolute atomic E-state index is 4.65. The average Bonchev–Trinajstić information content (AvgIpc) is 3.34. The Morgan fingerprint density at radius 2 is 1.30 bits per heavy atom. The molecule has 1 spiro atoms. The minimum Gasteiger partial charge on any atom is -0.264 e. The molecular formula is C41H31NS. The van der Waals surface area contributed by atoms with Gasteiger partial charge in [-0.1, -0.05) is 128 Å². The third-order valence-corrected chi connectivity index (χ3v) is 11.2. The SMILES string of the molecule is c1ccc2c(c1)-c1c(Sc3c4ccccc4c(-c4ccc5ccccc5c4)c4cnccc34)cccc1C21CCCCC1. The predicted octanol–water partition coefficient (Wildman–Crippen LogP) is 11.6. The van der Waals surface area contributed by atoms with E-state index in [4.69, 9.17) is 0 Å². The first kappa shape index (κ1) is 25.1. The Morgan fingerprint density at radius 3 is 2.21 bits per heavy atom. The van der Waals surface area contributed by atoms with Gasteiger partial charge in [0.15, 0.2) is 0 Å². The smallest absolute Gasteiger partial charge is 0.0353 e. The molecule has 0 bridgehead atoms. The highest BCUT2D eigenvalue weighted by molar-refractivity contribution is 8.00. The number of rotatable bonds is 3. The topological polar surface area (TPSA) is 12.9 Å². The molecule has 2 aliphatic carbocycles. The molecule has 1 aromatic heterocycles. The summed E-state index contributed by atoms with van der Waals surface area (Å²) in [5, 5.41) is 7.56. The molecule has 0 atom stereocenters. The minimum atomic E-state index is 0.161. The van der Waals surface area contributed by atoms with Crippen molar-refractivity contribution in [1.29, 1.82) is 0 Å². The van der Waals surface area contributed by atoms with Crippen LogP contribution in [0.15, 0.2) is 137 Å². The summed E-state index contributed by atoms with van der Waals surface area (Å²) in [6, 6.07) is 43.0. The largest absolute Gasteiger partial charge is 0.264 e. The van der Waals surface area contributed by atoms with Crippen molar-refractivity contribution in [3.8, 4) is 22.3 Å². The van der Waals surface area contributed by atoms with Crippen LogP contribution in [0.2, 0.25) is 0 Å². The summed E-state index contributed by atoms with van der Waals surface area (Å²) in [4.78, 5) is 7.32. The van der Waals surface area contributed by atoms with E-state index in [0.717, 1.165) is 0 Å². The molecule has 1 heterocycles. The molecule has 9 rings (SSSR count). The van der Waals surface area contributed by atoms with Gasteiger partial charge >= 0.3 is 0 Å². The Labute approximate surface area is 256 Å². The molecule has 2 aliphatic rings. The molecule has 0 saturated heterocycles. The van der Waals surface area contributed by atoms with E-state index in [2.05, 4.69) is 126 Å². The number of benzene rings is 6. The van der Waals surface area contributed by atoms with Crippen molar-refractivity contribution in [1.82, 2.24) is 4.98 Å². The second-order valence-corrected chi connectivity index (χ2v) is 13.3. The first-order chi connectivity index (χ1) is 21.3. The number of aromatic nitrogens is 1. The molecule has 2 heteroatoms. The van der Waals surface area contributed by atoms with Gasteiger partial charge in [-0.25, -0.2) is 0 Å². The third kappa shape index (κ3) is 3.76. The lowest BCUT2D eigenvalue weighted by atomic mass is 9.68. The predicted molar refractivity (Wildman–Crippen MR) is 182 cm³/mol. The molecule has 6 aromatic carbocycles. The van der Waals surface area contributed by atoms with Crippen molar-refractivity contribution in [3.05, 3.63) is 139 Å². The van der Waals surface area contributed by atoms with Crippen LogP contribution in [0.4, 0.5) is 0 Å². The fraction of sp³-hybridized carbons (Fsp3) is 0.146. The summed E-state index contributed by atoms with van der Waals surface area (Å²) in [5.74, 6) is 0. The monoisotopic (exact) mass is 569 g/mol. The number of hydrogen-bond donors (Lipinski definition) is 0. The van der Waals surface area contributed by atoms with Crippen molar-refractivity contribution in [2.45, 2.75) is 47.3 Å². The van der Waals surface area contributed by atoms with Crippen molar-refractivity contribution >= 4 is 44.1 Å². The molecule has 0 amide bonds. The van der Waals surface area contributed by atoms with Crippen molar-refractivity contribution in [2.24, 2.45) is 0 Å². The van der Waals surface area contributed by atoms with E-state index in [9.17, 15) is 0 Å². The molecule has 0 aliphatic heterocycles. The van der Waals surface area contributed by atoms with Crippen molar-refractivity contribution in [3.63, 3.8) is 0 Å². The summed E-state index contributed by atoms with van der Waals surface area (Å²) < 4.78 is 0. The van der Waals surface area contributed by atoms with E-state index in [1.807, 2.05) is 18.0 Å². The second kappa shape index (κ2) is 9.82. The average molecular weight is 570 g/mol. The molecular weight excluding hydrogens is 539 g/mol. The highest BCUT2D eigenvalue weighted by Crippen LogP contribution is 2.58. The quantitative estimate of drug-likeness (QED) is 0.196. The Bertz CT molecular complexity index is 2150. The van der Waals surface area contributed by atoms with Crippen LogP contribution in [-0.2, 0) is 5.41 Å². The van der Waals surface area contributed by atoms with E-state index in [0.29, 0.717) is 0 Å². The van der Waals surface area contributed by atoms with E-state index >= 15 is 0 Å². The Morgan fingerprint density at radius 1 is 0.558 bits per heavy atom. The van der Waals surface area contributed by atoms with E-state index in [1.165, 1.54) is 96.5 Å². The van der Waals surface area contributed by atoms with Crippen LogP contribution >= 0.6 is 11.8 Å². The normalized spacial score (nSPS) is 15.3. The summed E-state index contributed by atoms with van der Waals surface area (Å²) >= 11 is 1.94. The second-order valence-electron chi connectivity index (χ2n) is 12.2. The van der Waals surface area contributed by atoms with E-state index < -0.39 is 0 Å². The van der Waals surface area contributed by atoms with Crippen LogP contribution in [0.3, 0.4) is 0 Å². The molecule has 1 nitrogen and oxygen atoms in total. The molecule has 0 unspecified atom stereocenters. The first-order valence-corrected chi connectivity index (χ1v) is 16.3. The van der Waals surface area contributed by atoms with E-state index in [-0.39, 0.29) is 5.41 Å². The third-order valence-electron chi connectivity index (χ3n) is 9.99. The molecule has 206 valence electrons. The van der Waals surface area contributed by atoms with Crippen LogP contribution < -0.4 is 0 Å². The van der Waals surface area contributed by atoms with Gasteiger partial charge in [0.25, 0.3) is 0 Å². The standard InChI is InChI=1S/C41H31NS/c1-8-22-41(23-9-1)35-16-7-6-15-33(35)39-36(41)17-10-18-37(39)43-40-31-14-5-4-13-30(31)38(34-26-42-24-21-32(34)40)29-20-19-27-11-2-3-12-28(27)25-29/h2-7,10-21,24-26H,1,8-9,22-23H2. The summed E-state index contributed by atoms with van der Waals surface area (Å²) in [7, 11) is 0. The zero-order valence-electron chi connectivity index (χ0n) is 24.0. The van der Waals surface area contributed by atoms with Gasteiger partial charge in [0, 0.05) is 38.5 Å². The van der Waals surface area contributed by atoms with Crippen LogP contribution in [0, 0.1) is 0 Å². The van der Waals surface area contributed by atoms with Crippen LogP contribution in [0.5, 0.6) is 0 Å². The van der Waals surface area contributed by atoms with Gasteiger partial charge in [-0.05, 0) is 85.8 Å². The molecule has 0 N–H and O–H groups in total. The lowest BCUT2D eigenvalue weighted by molar-refractivity contribution is 0.352. The van der Waals surface area contributed by atoms with Gasteiger partial charge < -0.3 is 0 Å². The molecule has 1 saturated carbocycles. The first-order valence-electron chi connectivity index (χ1n) is 15.5. The lowest BCUT2D eigenvalue weighted by Crippen LogP contribution is -2.27. The van der Waals surface area contributed by atoms with Crippen LogP contribution in [0.1, 0.15) is 43.2 Å². The Hall–Kier alpha value is -4.40. The maximum Gasteiger partial charge on any atom is 0.0353 e. The zero-order chi connectivity index (χ0) is 28.4. The summed E-state index contributed by atoms with van der Waals surface area (Å²) in [6.45, 7) is 0. The Balaban J connectivity index is 1.29. The Kier molecular flexibility index (Phi) is 5.74. The number of fused-ring (bicyclic) bond motifs is 8. The van der Waals surface area contributed by atoms with Gasteiger partial charge in [-0.2, -0.15) is 0 Å². The van der Waals surface area contributed by atoms with Gasteiger partial charge in [0.1, 0.15) is 0 Å². The highest BCUT2D eigenvalue weighted by Gasteiger charge is 2.44. The van der Waals surface area contributed by atoms with Gasteiger partial charge in [0.05, 0.1) is 0 Å². The van der Waals surface area contributed by atoms with E-state index in [1.54, 1.807) is 11.1 Å². The van der Waals surface area contributed by atoms with Crippen LogP contribution in [0.25, 0.3) is 54.6 Å². The minimum absolute atomic E-state index is 0.161. The maximum atomic E-state index is 4.65. The fourth-order valence-electron chi connectivity index (χ4n) is 8.11. The summed E-state index contributed by atoms with van der Waals surface area (Å²) in [6.07, 6.45) is 10.5. The summed E-state index contributed by atoms with van der Waals surface area (Å²) in [5.41, 5.74) is 8.64. The molecule has 1 fully saturated rings. The zero-order valence-corrected chi connectivity index (χ0v) is 24.8. The van der Waals surface area contributed by atoms with Crippen LogP contribution in [-0.4, -0.2) is 4.98 Å². The van der Waals surface area contributed by atoms with Gasteiger partial charge in [-0.15, -0.1) is 0 Å². The molecule has 7 aromatic rings.